The van der Waals surface area contributed by atoms with E-state index >= 15 is 4.39 Å². The van der Waals surface area contributed by atoms with Crippen molar-refractivity contribution in [2.75, 3.05) is 31.6 Å². The molecule has 3 heterocycles. The Bertz CT molecular complexity index is 1390. The molecule has 3 aliphatic heterocycles. The van der Waals surface area contributed by atoms with Crippen molar-refractivity contribution in [1.29, 1.82) is 0 Å². The lowest BCUT2D eigenvalue weighted by molar-refractivity contribution is -0.136. The molecule has 2 aromatic carbocycles. The first-order valence-corrected chi connectivity index (χ1v) is 11.0. The van der Waals surface area contributed by atoms with Crippen LogP contribution in [0.3, 0.4) is 0 Å². The Hall–Kier alpha value is -3.30. The molecular formula is C25H27FN4O4. The highest BCUT2D eigenvalue weighted by molar-refractivity contribution is 6.06. The Kier molecular flexibility index (Phi) is 4.58. The molecule has 3 amide bonds. The van der Waals surface area contributed by atoms with Crippen molar-refractivity contribution in [2.45, 2.75) is 38.4 Å². The van der Waals surface area contributed by atoms with Crippen molar-refractivity contribution in [1.82, 2.24) is 15.1 Å². The van der Waals surface area contributed by atoms with E-state index in [0.29, 0.717) is 26.3 Å². The van der Waals surface area contributed by atoms with Gasteiger partial charge in [0.15, 0.2) is 0 Å². The van der Waals surface area contributed by atoms with E-state index in [2.05, 4.69) is 10.6 Å². The second kappa shape index (κ2) is 9.52. The normalized spacial score (nSPS) is 25.9. The number of hydrogen-bond acceptors (Lipinski definition) is 6. The number of hydrogen-bond donors (Lipinski definition) is 2. The average Bonchev–Trinajstić information content (AvgIpc) is 3.10. The Labute approximate surface area is 205 Å². The van der Waals surface area contributed by atoms with Gasteiger partial charge >= 0.3 is 0 Å². The zero-order chi connectivity index (χ0) is 29.0. The summed E-state index contributed by atoms with van der Waals surface area (Å²) in [7, 11) is 0. The Morgan fingerprint density at radius 2 is 2.03 bits per heavy atom. The van der Waals surface area contributed by atoms with Crippen LogP contribution in [0.25, 0.3) is 0 Å². The van der Waals surface area contributed by atoms with E-state index in [1.54, 1.807) is 0 Å². The number of fused-ring (bicyclic) bond motifs is 1. The van der Waals surface area contributed by atoms with Crippen molar-refractivity contribution >= 4 is 23.4 Å². The molecular weight excluding hydrogens is 439 g/mol. The van der Waals surface area contributed by atoms with Gasteiger partial charge in [0.2, 0.25) is 11.8 Å². The molecule has 2 saturated heterocycles. The molecule has 3 aliphatic rings. The van der Waals surface area contributed by atoms with Gasteiger partial charge in [0, 0.05) is 64.1 Å². The van der Waals surface area contributed by atoms with Crippen molar-refractivity contribution < 1.29 is 31.7 Å². The predicted molar refractivity (Wildman–Crippen MR) is 122 cm³/mol. The molecule has 0 bridgehead atoms. The number of carbonyl (C=O) groups is 3. The summed E-state index contributed by atoms with van der Waals surface area (Å²) in [5, 5.41) is 4.63. The molecule has 1 atom stereocenters. The fourth-order valence-electron chi connectivity index (χ4n) is 4.08. The van der Waals surface area contributed by atoms with Gasteiger partial charge in [-0.2, -0.15) is 0 Å². The number of nitrogens with one attached hydrogen (secondary N) is 2. The van der Waals surface area contributed by atoms with E-state index in [1.165, 1.54) is 29.2 Å². The zero-order valence-electron chi connectivity index (χ0n) is 24.2. The van der Waals surface area contributed by atoms with E-state index in [9.17, 15) is 14.4 Å². The Balaban J connectivity index is 1.44. The summed E-state index contributed by atoms with van der Waals surface area (Å²) >= 11 is 0. The fourth-order valence-corrected chi connectivity index (χ4v) is 4.08. The van der Waals surface area contributed by atoms with Gasteiger partial charge in [0.25, 0.3) is 5.91 Å². The van der Waals surface area contributed by atoms with Crippen molar-refractivity contribution in [3.63, 3.8) is 0 Å². The number of ether oxygens (including phenoxy) is 1. The number of amides is 3. The van der Waals surface area contributed by atoms with Crippen LogP contribution < -0.4 is 10.6 Å². The summed E-state index contributed by atoms with van der Waals surface area (Å²) in [4.78, 5) is 39.6. The molecule has 2 fully saturated rings. The lowest BCUT2D eigenvalue weighted by Gasteiger charge is -2.29. The monoisotopic (exact) mass is 472 g/mol. The van der Waals surface area contributed by atoms with Crippen molar-refractivity contribution in [3.05, 3.63) is 64.5 Å². The molecule has 0 aliphatic carbocycles. The van der Waals surface area contributed by atoms with Gasteiger partial charge in [-0.15, -0.1) is 0 Å². The number of halogens is 1. The molecule has 5 rings (SSSR count). The van der Waals surface area contributed by atoms with Crippen LogP contribution in [-0.4, -0.2) is 59.9 Å². The number of morpholine rings is 1. The minimum absolute atomic E-state index is 0.00821. The van der Waals surface area contributed by atoms with Gasteiger partial charge in [-0.3, -0.25) is 24.6 Å². The largest absolute Gasteiger partial charge is 0.381 e. The quantitative estimate of drug-likeness (QED) is 0.626. The zero-order valence-corrected chi connectivity index (χ0v) is 18.2. The number of piperidine rings is 1. The van der Waals surface area contributed by atoms with Crippen LogP contribution >= 0.6 is 0 Å². The highest BCUT2D eigenvalue weighted by atomic mass is 19.1. The first kappa shape index (κ1) is 16.3. The second-order valence-corrected chi connectivity index (χ2v) is 8.14. The summed E-state index contributed by atoms with van der Waals surface area (Å²) in [5.41, 5.74) is -0.866. The molecule has 1 unspecified atom stereocenters. The lowest BCUT2D eigenvalue weighted by atomic mass is 10.0. The summed E-state index contributed by atoms with van der Waals surface area (Å²) in [6.07, 6.45) is -0.137. The van der Waals surface area contributed by atoms with Gasteiger partial charge in [-0.1, -0.05) is 18.2 Å². The lowest BCUT2D eigenvalue weighted by Crippen LogP contribution is -2.52. The van der Waals surface area contributed by atoms with E-state index in [0.717, 1.165) is 17.0 Å². The van der Waals surface area contributed by atoms with Crippen LogP contribution in [-0.2, 0) is 33.8 Å². The van der Waals surface area contributed by atoms with Gasteiger partial charge in [-0.05, 0) is 30.2 Å². The third kappa shape index (κ3) is 4.53. The Morgan fingerprint density at radius 3 is 2.79 bits per heavy atom. The third-order valence-electron chi connectivity index (χ3n) is 5.87. The molecule has 0 spiro atoms. The number of nitrogens with zero attached hydrogens (tertiary/aromatic N) is 2. The summed E-state index contributed by atoms with van der Waals surface area (Å²) in [5.74, 6) is -3.12. The number of rotatable bonds is 6. The van der Waals surface area contributed by atoms with Crippen LogP contribution in [0.15, 0.2) is 36.4 Å². The number of carbonyl (C=O) groups excluding carboxylic acids is 3. The molecule has 8 nitrogen and oxygen atoms in total. The highest BCUT2D eigenvalue weighted by Gasteiger charge is 2.39. The number of benzene rings is 2. The molecule has 0 aromatic heterocycles. The smallest absolute Gasteiger partial charge is 0.255 e. The van der Waals surface area contributed by atoms with Crippen LogP contribution in [0, 0.1) is 5.82 Å². The minimum Gasteiger partial charge on any atom is -0.381 e. The maximum Gasteiger partial charge on any atom is 0.255 e. The maximum atomic E-state index is 15.3. The van der Waals surface area contributed by atoms with Crippen molar-refractivity contribution in [2.24, 2.45) is 0 Å². The Morgan fingerprint density at radius 1 is 1.21 bits per heavy atom. The average molecular weight is 473 g/mol. The molecule has 178 valence electrons. The van der Waals surface area contributed by atoms with Crippen molar-refractivity contribution in [3.8, 4) is 0 Å². The molecule has 9 heteroatoms. The van der Waals surface area contributed by atoms with E-state index in [-0.39, 0.29) is 35.2 Å². The van der Waals surface area contributed by atoms with E-state index < -0.39 is 54.6 Å². The van der Waals surface area contributed by atoms with Gasteiger partial charge in [0.05, 0.1) is 18.7 Å². The summed E-state index contributed by atoms with van der Waals surface area (Å²) < 4.78 is 72.2. The number of imide groups is 1. The van der Waals surface area contributed by atoms with Gasteiger partial charge in [-0.25, -0.2) is 4.39 Å². The predicted octanol–water partition coefficient (Wildman–Crippen LogP) is 2.03. The number of anilines is 1. The third-order valence-corrected chi connectivity index (χ3v) is 5.87. The first-order valence-electron chi connectivity index (χ1n) is 14.0. The van der Waals surface area contributed by atoms with Crippen LogP contribution in [0.2, 0.25) is 0 Å². The highest BCUT2D eigenvalue weighted by Crippen LogP contribution is 2.32. The molecule has 34 heavy (non-hydrogen) atoms. The SMILES string of the molecule is [2H]C([2H])(Nc1cccc2c1C([2H])([2H])N(C1CCC(=O)NC1=O)C2=O)c1ccc(C([2H])([2H])N2CCOCC2)cc1F. The second-order valence-electron chi connectivity index (χ2n) is 8.14. The van der Waals surface area contributed by atoms with Gasteiger partial charge in [0.1, 0.15) is 11.9 Å². The maximum absolute atomic E-state index is 15.3. The van der Waals surface area contributed by atoms with Crippen LogP contribution in [0.5, 0.6) is 0 Å². The minimum atomic E-state index is -2.61. The van der Waals surface area contributed by atoms with Crippen LogP contribution in [0.1, 0.15) is 48.1 Å². The standard InChI is InChI=1S/C25H27FN4O4/c26-20-12-16(14-29-8-10-34-11-9-29)4-5-17(20)13-27-21-3-1-2-18-19(21)15-30(25(18)33)22-6-7-23(31)28-24(22)32/h1-5,12,22,27H,6-11,13-15H2,(H,28,31,32)/i13D2,14D2,15D2. The van der Waals surface area contributed by atoms with E-state index in [4.69, 9.17) is 13.0 Å². The van der Waals surface area contributed by atoms with Gasteiger partial charge < -0.3 is 15.0 Å². The fraction of sp³-hybridized carbons (Fsp3) is 0.400. The summed E-state index contributed by atoms with van der Waals surface area (Å²) in [6, 6.07) is 6.24. The topological polar surface area (TPSA) is 91.0 Å². The first-order chi connectivity index (χ1) is 18.7. The van der Waals surface area contributed by atoms with Crippen LogP contribution in [0.4, 0.5) is 10.1 Å². The molecule has 0 radical (unpaired) electrons. The molecule has 0 saturated carbocycles. The molecule has 2 N–H and O–H groups in total. The summed E-state index contributed by atoms with van der Waals surface area (Å²) in [6.45, 7) is -5.87. The van der Waals surface area contributed by atoms with E-state index in [1.807, 2.05) is 0 Å². The molecule has 2 aromatic rings.